The summed E-state index contributed by atoms with van der Waals surface area (Å²) in [5, 5.41) is 9.03. The number of aryl methyl sites for hydroxylation is 1. The number of benzene rings is 10. The molecule has 74 heavy (non-hydrogen) atoms. The molecule has 0 saturated carbocycles. The largest absolute Gasteiger partial charge is 0.311 e. The highest BCUT2D eigenvalue weighted by Crippen LogP contribution is 2.51. The van der Waals surface area contributed by atoms with Gasteiger partial charge in [-0.3, -0.25) is 0 Å². The van der Waals surface area contributed by atoms with Crippen molar-refractivity contribution in [1.82, 2.24) is 0 Å². The van der Waals surface area contributed by atoms with Crippen molar-refractivity contribution in [2.45, 2.75) is 91.9 Å². The van der Waals surface area contributed by atoms with Crippen molar-refractivity contribution >= 4 is 110 Å². The van der Waals surface area contributed by atoms with Gasteiger partial charge in [0.1, 0.15) is 0 Å². The van der Waals surface area contributed by atoms with Crippen LogP contribution in [0.4, 0.5) is 34.1 Å². The molecule has 0 atom stereocenters. The molecule has 0 aliphatic carbocycles. The normalized spacial score (nSPS) is 13.5. The first kappa shape index (κ1) is 46.4. The van der Waals surface area contributed by atoms with Crippen molar-refractivity contribution in [2.24, 2.45) is 0 Å². The summed E-state index contributed by atoms with van der Waals surface area (Å²) in [7, 11) is 0. The Bertz CT molecular complexity index is 4040. The molecule has 0 fully saturated rings. The molecule has 0 spiro atoms. The van der Waals surface area contributed by atoms with Gasteiger partial charge in [-0.15, -0.1) is 11.3 Å². The van der Waals surface area contributed by atoms with E-state index in [0.29, 0.717) is 0 Å². The van der Waals surface area contributed by atoms with E-state index < -0.39 is 0 Å². The van der Waals surface area contributed by atoms with Gasteiger partial charge >= 0.3 is 0 Å². The van der Waals surface area contributed by atoms with Crippen LogP contribution in [0.15, 0.2) is 188 Å². The lowest BCUT2D eigenvalue weighted by Crippen LogP contribution is -2.60. The minimum absolute atomic E-state index is 0.00394. The fourth-order valence-electron chi connectivity index (χ4n) is 12.3. The van der Waals surface area contributed by atoms with E-state index in [9.17, 15) is 0 Å². The zero-order valence-corrected chi connectivity index (χ0v) is 45.3. The molecule has 10 aromatic carbocycles. The van der Waals surface area contributed by atoms with Gasteiger partial charge in [-0.05, 0) is 172 Å². The molecular formula is C70H63BN2S. The van der Waals surface area contributed by atoms with Crippen LogP contribution in [0.3, 0.4) is 0 Å². The lowest BCUT2D eigenvalue weighted by molar-refractivity contribution is 0.506. The van der Waals surface area contributed by atoms with E-state index in [4.69, 9.17) is 0 Å². The van der Waals surface area contributed by atoms with Gasteiger partial charge in [0.15, 0.2) is 0 Å². The second-order valence-electron chi connectivity index (χ2n) is 23.8. The minimum atomic E-state index is -0.0751. The first-order valence-corrected chi connectivity index (χ1v) is 27.5. The molecule has 11 aromatic rings. The maximum absolute atomic E-state index is 2.64. The summed E-state index contributed by atoms with van der Waals surface area (Å²) in [6.45, 7) is 23.4. The Morgan fingerprint density at radius 3 is 1.66 bits per heavy atom. The van der Waals surface area contributed by atoms with Crippen LogP contribution in [0.5, 0.6) is 0 Å². The number of nitrogens with zero attached hydrogens (tertiary/aromatic N) is 2. The lowest BCUT2D eigenvalue weighted by Gasteiger charge is -2.44. The maximum Gasteiger partial charge on any atom is 0.264 e. The Balaban J connectivity index is 1.12. The van der Waals surface area contributed by atoms with E-state index in [0.717, 1.165) is 6.42 Å². The topological polar surface area (TPSA) is 6.48 Å². The van der Waals surface area contributed by atoms with Gasteiger partial charge in [-0.25, -0.2) is 0 Å². The van der Waals surface area contributed by atoms with Crippen molar-refractivity contribution in [3.05, 3.63) is 210 Å². The molecule has 13 rings (SSSR count). The second kappa shape index (κ2) is 16.8. The molecule has 4 heteroatoms. The predicted octanol–water partition coefficient (Wildman–Crippen LogP) is 18.4. The molecule has 0 unspecified atom stereocenters. The van der Waals surface area contributed by atoms with Gasteiger partial charge in [0.05, 0.1) is 11.4 Å². The summed E-state index contributed by atoms with van der Waals surface area (Å²) in [5.41, 5.74) is 20.3. The molecule has 2 aliphatic rings. The average Bonchev–Trinajstić information content (AvgIpc) is 3.81. The highest BCUT2D eigenvalue weighted by atomic mass is 32.1. The minimum Gasteiger partial charge on any atom is -0.311 e. The average molecular weight is 975 g/mol. The van der Waals surface area contributed by atoms with E-state index >= 15 is 0 Å². The second-order valence-corrected chi connectivity index (χ2v) is 24.9. The molecule has 0 saturated heterocycles. The number of hydrogen-bond acceptors (Lipinski definition) is 3. The van der Waals surface area contributed by atoms with Crippen molar-refractivity contribution in [3.63, 3.8) is 0 Å². The van der Waals surface area contributed by atoms with Gasteiger partial charge in [0.2, 0.25) is 0 Å². The van der Waals surface area contributed by atoms with E-state index in [2.05, 4.69) is 267 Å². The SMILES string of the molecule is CCC(C)(C)c1ccc(N2c3cccc4c3B(c3cc(C)c(-c5ccccc5)cc3N4c3ccc(C(C)(C)C)cc3-c3ccc4c5ccccc5c5ccccc5c4c3)c3sc4ccc(C(C)(C)C)cc4c32)cc1. The first-order chi connectivity index (χ1) is 35.6. The molecule has 1 aromatic heterocycles. The summed E-state index contributed by atoms with van der Waals surface area (Å²) in [6, 6.07) is 72.4. The highest BCUT2D eigenvalue weighted by Gasteiger charge is 2.46. The van der Waals surface area contributed by atoms with E-state index in [1.54, 1.807) is 0 Å². The third-order valence-electron chi connectivity index (χ3n) is 16.8. The summed E-state index contributed by atoms with van der Waals surface area (Å²) in [5.74, 6) is 0. The van der Waals surface area contributed by atoms with E-state index in [-0.39, 0.29) is 23.0 Å². The number of anilines is 6. The predicted molar refractivity (Wildman–Crippen MR) is 325 cm³/mol. The fourth-order valence-corrected chi connectivity index (χ4v) is 13.6. The highest BCUT2D eigenvalue weighted by molar-refractivity contribution is 7.33. The van der Waals surface area contributed by atoms with Crippen LogP contribution in [-0.2, 0) is 16.2 Å². The van der Waals surface area contributed by atoms with Crippen LogP contribution < -0.4 is 25.5 Å². The maximum atomic E-state index is 2.64. The Morgan fingerprint density at radius 2 is 1.01 bits per heavy atom. The summed E-state index contributed by atoms with van der Waals surface area (Å²) in [4.78, 5) is 5.26. The molecule has 0 N–H and O–H groups in total. The van der Waals surface area contributed by atoms with Crippen LogP contribution in [-0.4, -0.2) is 6.71 Å². The van der Waals surface area contributed by atoms with Crippen LogP contribution in [0.1, 0.15) is 91.0 Å². The fraction of sp³-hybridized carbons (Fsp3) is 0.200. The Morgan fingerprint density at radius 1 is 0.432 bits per heavy atom. The third-order valence-corrected chi connectivity index (χ3v) is 18.1. The van der Waals surface area contributed by atoms with Crippen LogP contribution in [0, 0.1) is 6.92 Å². The first-order valence-electron chi connectivity index (χ1n) is 26.7. The van der Waals surface area contributed by atoms with Gasteiger partial charge < -0.3 is 9.80 Å². The zero-order chi connectivity index (χ0) is 51.0. The van der Waals surface area contributed by atoms with Crippen molar-refractivity contribution in [1.29, 1.82) is 0 Å². The van der Waals surface area contributed by atoms with E-state index in [1.807, 2.05) is 11.3 Å². The summed E-state index contributed by atoms with van der Waals surface area (Å²) < 4.78 is 2.72. The van der Waals surface area contributed by atoms with Crippen molar-refractivity contribution in [2.75, 3.05) is 9.80 Å². The molecule has 362 valence electrons. The summed E-state index contributed by atoms with van der Waals surface area (Å²) in [6.07, 6.45) is 1.07. The zero-order valence-electron chi connectivity index (χ0n) is 44.5. The number of thiophene rings is 1. The molecule has 3 heterocycles. The monoisotopic (exact) mass is 974 g/mol. The van der Waals surface area contributed by atoms with Crippen LogP contribution >= 0.6 is 11.3 Å². The standard InChI is InChI=1S/C70H63BN2S/c1-11-70(9,10)46-29-33-49(34-30-46)72-61-26-19-27-62-65(61)71(67-66(72)58-41-48(69(6,7)8)32-37-64(58)74-67)59-38-43(2)55(44-20-13-12-14-21-44)42-63(59)73(62)60-36-31-47(68(3,4)5)40-56(60)45-28-35-54-52-24-16-15-22-50(52)51-23-17-18-25-53(51)57(54)39-45/h12-42H,11H2,1-10H3. The molecule has 2 aliphatic heterocycles. The van der Waals surface area contributed by atoms with E-state index in [1.165, 1.54) is 137 Å². The quantitative estimate of drug-likeness (QED) is 0.121. The third kappa shape index (κ3) is 7.19. The Labute approximate surface area is 442 Å². The molecule has 0 radical (unpaired) electrons. The van der Waals surface area contributed by atoms with Crippen LogP contribution in [0.2, 0.25) is 0 Å². The van der Waals surface area contributed by atoms with Gasteiger partial charge in [-0.1, -0.05) is 190 Å². The van der Waals surface area contributed by atoms with Gasteiger partial charge in [0, 0.05) is 43.2 Å². The number of rotatable bonds is 6. The van der Waals surface area contributed by atoms with Crippen molar-refractivity contribution < 1.29 is 0 Å². The molecule has 2 nitrogen and oxygen atoms in total. The molecule has 0 amide bonds. The van der Waals surface area contributed by atoms with Crippen molar-refractivity contribution in [3.8, 4) is 22.3 Å². The number of fused-ring (bicyclic) bond motifs is 12. The summed E-state index contributed by atoms with van der Waals surface area (Å²) >= 11 is 1.98. The van der Waals surface area contributed by atoms with Gasteiger partial charge in [0.25, 0.3) is 6.71 Å². The molecular weight excluding hydrogens is 912 g/mol. The lowest BCUT2D eigenvalue weighted by atomic mass is 9.36. The Hall–Kier alpha value is -7.40. The van der Waals surface area contributed by atoms with Gasteiger partial charge in [-0.2, -0.15) is 0 Å². The van der Waals surface area contributed by atoms with Crippen LogP contribution in [0.25, 0.3) is 64.7 Å². The Kier molecular flexibility index (Phi) is 10.5. The number of hydrogen-bond donors (Lipinski definition) is 0. The molecule has 0 bridgehead atoms. The smallest absolute Gasteiger partial charge is 0.264 e.